The molecule has 1 saturated heterocycles. The molecule has 2 aromatic rings. The maximum absolute atomic E-state index is 14.0. The second-order valence-electron chi connectivity index (χ2n) is 7.21. The van der Waals surface area contributed by atoms with Crippen LogP contribution in [0.2, 0.25) is 0 Å². The van der Waals surface area contributed by atoms with E-state index in [1.54, 1.807) is 0 Å². The number of nitrogens with one attached hydrogen (secondary N) is 2. The van der Waals surface area contributed by atoms with Gasteiger partial charge in [0, 0.05) is 48.9 Å². The Balaban J connectivity index is 1.49. The summed E-state index contributed by atoms with van der Waals surface area (Å²) in [7, 11) is 0. The number of aromatic nitrogens is 2. The molecule has 4 rings (SSSR count). The van der Waals surface area contributed by atoms with Crippen LogP contribution in [-0.4, -0.2) is 34.2 Å². The van der Waals surface area contributed by atoms with Crippen molar-refractivity contribution in [3.8, 4) is 11.3 Å². The van der Waals surface area contributed by atoms with Gasteiger partial charge in [0.05, 0.1) is 5.69 Å². The molecule has 1 aromatic heterocycles. The lowest BCUT2D eigenvalue weighted by atomic mass is 9.97. The first-order chi connectivity index (χ1) is 12.1. The third-order valence-corrected chi connectivity index (χ3v) is 5.41. The molecule has 0 aliphatic carbocycles. The fourth-order valence-corrected chi connectivity index (χ4v) is 3.98. The summed E-state index contributed by atoms with van der Waals surface area (Å²) < 4.78 is 29.2. The van der Waals surface area contributed by atoms with Gasteiger partial charge >= 0.3 is 0 Å². The molecule has 2 aliphatic rings. The number of hydrogen-bond donors (Lipinski definition) is 2. The van der Waals surface area contributed by atoms with Crippen molar-refractivity contribution in [1.29, 1.82) is 0 Å². The van der Waals surface area contributed by atoms with Crippen LogP contribution in [-0.2, 0) is 13.0 Å². The summed E-state index contributed by atoms with van der Waals surface area (Å²) in [6, 6.07) is 5.04. The molecule has 134 valence electrons. The fourth-order valence-electron chi connectivity index (χ4n) is 3.98. The molecule has 0 amide bonds. The summed E-state index contributed by atoms with van der Waals surface area (Å²) in [5.41, 5.74) is 0.943. The molecule has 2 N–H and O–H groups in total. The van der Waals surface area contributed by atoms with E-state index in [-0.39, 0.29) is 0 Å². The lowest BCUT2D eigenvalue weighted by Crippen LogP contribution is -2.54. The zero-order valence-corrected chi connectivity index (χ0v) is 14.4. The van der Waals surface area contributed by atoms with E-state index >= 15 is 0 Å². The van der Waals surface area contributed by atoms with E-state index in [0.29, 0.717) is 29.4 Å². The average Bonchev–Trinajstić information content (AvgIpc) is 3.00. The van der Waals surface area contributed by atoms with Crippen molar-refractivity contribution < 1.29 is 8.78 Å². The Labute approximate surface area is 146 Å². The average molecular weight is 346 g/mol. The lowest BCUT2D eigenvalue weighted by molar-refractivity contribution is 0.262. The van der Waals surface area contributed by atoms with Crippen LogP contribution >= 0.6 is 0 Å². The van der Waals surface area contributed by atoms with Gasteiger partial charge in [0.1, 0.15) is 17.5 Å². The van der Waals surface area contributed by atoms with Crippen LogP contribution in [0.3, 0.4) is 0 Å². The first-order valence-electron chi connectivity index (χ1n) is 9.11. The van der Waals surface area contributed by atoms with E-state index in [1.807, 2.05) is 6.20 Å². The quantitative estimate of drug-likeness (QED) is 0.898. The number of benzene rings is 1. The Morgan fingerprint density at radius 2 is 2.16 bits per heavy atom. The van der Waals surface area contributed by atoms with Crippen LogP contribution in [0, 0.1) is 11.6 Å². The third-order valence-electron chi connectivity index (χ3n) is 5.41. The summed E-state index contributed by atoms with van der Waals surface area (Å²) in [5, 5.41) is 7.30. The van der Waals surface area contributed by atoms with Gasteiger partial charge in [0.2, 0.25) is 0 Å². The van der Waals surface area contributed by atoms with Crippen LogP contribution in [0.5, 0.6) is 0 Å². The van der Waals surface area contributed by atoms with E-state index in [2.05, 4.69) is 27.1 Å². The minimum absolute atomic E-state index is 0.359. The highest BCUT2D eigenvalue weighted by Gasteiger charge is 2.27. The molecule has 6 heteroatoms. The van der Waals surface area contributed by atoms with E-state index in [9.17, 15) is 8.78 Å². The minimum atomic E-state index is -0.565. The largest absolute Gasteiger partial charge is 0.333 e. The topological polar surface area (TPSA) is 41.9 Å². The predicted molar refractivity (Wildman–Crippen MR) is 93.3 cm³/mol. The first-order valence-corrected chi connectivity index (χ1v) is 9.11. The van der Waals surface area contributed by atoms with Gasteiger partial charge in [-0.05, 0) is 44.9 Å². The number of rotatable bonds is 3. The van der Waals surface area contributed by atoms with E-state index in [4.69, 9.17) is 0 Å². The van der Waals surface area contributed by atoms with Crippen molar-refractivity contribution in [2.75, 3.05) is 6.54 Å². The molecule has 3 heterocycles. The Kier molecular flexibility index (Phi) is 4.56. The van der Waals surface area contributed by atoms with Crippen LogP contribution in [0.25, 0.3) is 11.3 Å². The molecule has 0 spiro atoms. The number of nitrogens with zero attached hydrogens (tertiary/aromatic N) is 2. The predicted octanol–water partition coefficient (Wildman–Crippen LogP) is 2.87. The molecular formula is C19H24F2N4. The molecule has 1 fully saturated rings. The molecule has 25 heavy (non-hydrogen) atoms. The molecule has 0 bridgehead atoms. The van der Waals surface area contributed by atoms with E-state index in [1.165, 1.54) is 25.0 Å². The number of hydrogen-bond acceptors (Lipinski definition) is 3. The summed E-state index contributed by atoms with van der Waals surface area (Å²) in [5.74, 6) is -0.150. The van der Waals surface area contributed by atoms with Crippen LogP contribution in [0.4, 0.5) is 8.78 Å². The zero-order chi connectivity index (χ0) is 17.4. The maximum atomic E-state index is 14.0. The monoisotopic (exact) mass is 346 g/mol. The van der Waals surface area contributed by atoms with Crippen LogP contribution < -0.4 is 10.6 Å². The molecule has 0 saturated carbocycles. The summed E-state index contributed by atoms with van der Waals surface area (Å²) in [6.45, 7) is 4.17. The van der Waals surface area contributed by atoms with Gasteiger partial charge in [0.15, 0.2) is 0 Å². The highest BCUT2D eigenvalue weighted by atomic mass is 19.1. The van der Waals surface area contributed by atoms with Gasteiger partial charge in [-0.1, -0.05) is 0 Å². The number of imidazole rings is 1. The summed E-state index contributed by atoms with van der Waals surface area (Å²) >= 11 is 0. The number of aryl methyl sites for hydroxylation is 1. The number of fused-ring (bicyclic) bond motifs is 1. The minimum Gasteiger partial charge on any atom is -0.333 e. The standard InChI is InChI=1S/C19H24F2N4/c1-12-17(3-2-8-22-12)23-14-5-7-19-24-18(11-25(19)10-14)15-6-4-13(20)9-16(15)21/h4,6,9,11-12,14,17,22-23H,2-3,5,7-8,10H2,1H3. The number of piperidine rings is 1. The Morgan fingerprint density at radius 3 is 2.96 bits per heavy atom. The van der Waals surface area contributed by atoms with Gasteiger partial charge in [-0.25, -0.2) is 13.8 Å². The molecule has 3 atom stereocenters. The van der Waals surface area contributed by atoms with Crippen molar-refractivity contribution in [3.05, 3.63) is 41.9 Å². The van der Waals surface area contributed by atoms with Crippen LogP contribution in [0.1, 0.15) is 32.0 Å². The molecule has 0 radical (unpaired) electrons. The number of halogens is 2. The fraction of sp³-hybridized carbons (Fsp3) is 0.526. The second-order valence-corrected chi connectivity index (χ2v) is 7.21. The van der Waals surface area contributed by atoms with E-state index in [0.717, 1.165) is 37.8 Å². The van der Waals surface area contributed by atoms with Gasteiger partial charge < -0.3 is 15.2 Å². The summed E-state index contributed by atoms with van der Waals surface area (Å²) in [6.07, 6.45) is 6.20. The maximum Gasteiger partial charge on any atom is 0.135 e. The van der Waals surface area contributed by atoms with Crippen LogP contribution in [0.15, 0.2) is 24.4 Å². The first kappa shape index (κ1) is 16.7. The van der Waals surface area contributed by atoms with Crippen molar-refractivity contribution in [2.24, 2.45) is 0 Å². The summed E-state index contributed by atoms with van der Waals surface area (Å²) in [4.78, 5) is 4.57. The Hall–Kier alpha value is -1.79. The van der Waals surface area contributed by atoms with Gasteiger partial charge in [-0.2, -0.15) is 0 Å². The molecule has 3 unspecified atom stereocenters. The van der Waals surface area contributed by atoms with Crippen molar-refractivity contribution in [1.82, 2.24) is 20.2 Å². The Bertz CT molecular complexity index is 758. The van der Waals surface area contributed by atoms with Gasteiger partial charge in [0.25, 0.3) is 0 Å². The molecule has 2 aliphatic heterocycles. The van der Waals surface area contributed by atoms with Crippen molar-refractivity contribution >= 4 is 0 Å². The van der Waals surface area contributed by atoms with Gasteiger partial charge in [-0.15, -0.1) is 0 Å². The smallest absolute Gasteiger partial charge is 0.135 e. The normalized spacial score (nSPS) is 26.4. The third kappa shape index (κ3) is 3.46. The highest BCUT2D eigenvalue weighted by molar-refractivity contribution is 5.59. The van der Waals surface area contributed by atoms with Crippen molar-refractivity contribution in [2.45, 2.75) is 57.3 Å². The molecule has 1 aromatic carbocycles. The molecule has 4 nitrogen and oxygen atoms in total. The Morgan fingerprint density at radius 1 is 1.28 bits per heavy atom. The van der Waals surface area contributed by atoms with Gasteiger partial charge in [-0.3, -0.25) is 0 Å². The molecular weight excluding hydrogens is 322 g/mol. The van der Waals surface area contributed by atoms with E-state index < -0.39 is 11.6 Å². The lowest BCUT2D eigenvalue weighted by Gasteiger charge is -2.35. The second kappa shape index (κ2) is 6.84. The van der Waals surface area contributed by atoms with Crippen molar-refractivity contribution in [3.63, 3.8) is 0 Å². The zero-order valence-electron chi connectivity index (χ0n) is 14.4. The SMILES string of the molecule is CC1NCCCC1NC1CCc2nc(-c3ccc(F)cc3F)cn2C1. The highest BCUT2D eigenvalue weighted by Crippen LogP contribution is 2.26.